The molecule has 50 heavy (non-hydrogen) atoms. The van der Waals surface area contributed by atoms with Gasteiger partial charge in [0, 0.05) is 58.0 Å². The third kappa shape index (κ3) is 13.9. The van der Waals surface area contributed by atoms with Gasteiger partial charge in [-0.2, -0.15) is 0 Å². The Kier molecular flexibility index (Phi) is 19.2. The Morgan fingerprint density at radius 3 is 1.26 bits per heavy atom. The van der Waals surface area contributed by atoms with Crippen molar-refractivity contribution in [2.75, 3.05) is 32.2 Å². The van der Waals surface area contributed by atoms with Crippen LogP contribution in [0.3, 0.4) is 0 Å². The zero-order valence-electron chi connectivity index (χ0n) is 28.0. The maximum Gasteiger partial charge on any atom is 0.303 e. The molecule has 4 N–H and O–H groups in total. The van der Waals surface area contributed by atoms with E-state index in [0.29, 0.717) is 0 Å². The molecule has 0 saturated carbocycles. The van der Waals surface area contributed by atoms with E-state index in [9.17, 15) is 33.6 Å². The predicted octanol–water partition coefficient (Wildman–Crippen LogP) is 2.26. The van der Waals surface area contributed by atoms with Gasteiger partial charge in [0.25, 0.3) is 11.8 Å². The van der Waals surface area contributed by atoms with Crippen molar-refractivity contribution >= 4 is 121 Å². The van der Waals surface area contributed by atoms with E-state index in [1.807, 2.05) is 45.2 Å². The molecular formula is C30H38I3N3O14. The molecule has 4 unspecified atom stereocenters. The smallest absolute Gasteiger partial charge is 0.303 e. The highest BCUT2D eigenvalue weighted by Gasteiger charge is 2.44. The number of amides is 2. The molecular weight excluding hydrogens is 1010 g/mol. The largest absolute Gasteiger partial charge is 0.466 e. The van der Waals surface area contributed by atoms with Crippen LogP contribution in [0.1, 0.15) is 75.1 Å². The van der Waals surface area contributed by atoms with Crippen molar-refractivity contribution in [3.8, 4) is 0 Å². The van der Waals surface area contributed by atoms with Crippen LogP contribution in [0.4, 0.5) is 5.69 Å². The number of benzene rings is 1. The highest BCUT2D eigenvalue weighted by atomic mass is 127. The minimum atomic E-state index is -1.45. The van der Waals surface area contributed by atoms with E-state index in [-0.39, 0.29) is 53.6 Å². The first-order valence-corrected chi connectivity index (χ1v) is 17.9. The summed E-state index contributed by atoms with van der Waals surface area (Å²) in [6.07, 6.45) is -3.45. The van der Waals surface area contributed by atoms with E-state index in [1.165, 1.54) is 0 Å². The van der Waals surface area contributed by atoms with E-state index in [4.69, 9.17) is 39.9 Å². The summed E-state index contributed by atoms with van der Waals surface area (Å²) >= 11 is 5.38. The van der Waals surface area contributed by atoms with Gasteiger partial charge in [-0.3, -0.25) is 38.4 Å². The van der Waals surface area contributed by atoms with Gasteiger partial charge < -0.3 is 44.8 Å². The molecule has 17 nitrogen and oxygen atoms in total. The zero-order chi connectivity index (χ0) is 38.5. The molecule has 0 fully saturated rings. The van der Waals surface area contributed by atoms with Gasteiger partial charge in [0.1, 0.15) is 13.2 Å². The Balaban J connectivity index is 4.39. The molecule has 0 spiro atoms. The summed E-state index contributed by atoms with van der Waals surface area (Å²) in [7, 11) is 0. The van der Waals surface area contributed by atoms with Crippen molar-refractivity contribution in [2.45, 2.75) is 78.7 Å². The van der Waals surface area contributed by atoms with E-state index in [1.54, 1.807) is 22.6 Å². The Morgan fingerprint density at radius 2 is 0.940 bits per heavy atom. The Bertz CT molecular complexity index is 1430. The maximum atomic E-state index is 15.2. The molecule has 278 valence electrons. The number of nitrogen functional groups attached to an aromatic ring is 1. The minimum Gasteiger partial charge on any atom is -0.466 e. The van der Waals surface area contributed by atoms with Crippen molar-refractivity contribution in [2.24, 2.45) is 5.73 Å². The average molecular weight is 1050 g/mol. The van der Waals surface area contributed by atoms with E-state index in [0.717, 1.165) is 46.4 Å². The Hall–Kier alpha value is -3.03. The lowest BCUT2D eigenvalue weighted by molar-refractivity contribution is -0.168. The van der Waals surface area contributed by atoms with Crippen LogP contribution in [0, 0.1) is 10.7 Å². The fourth-order valence-corrected chi connectivity index (χ4v) is 8.85. The maximum absolute atomic E-state index is 15.2. The number of carbonyl (C=O) groups excluding carboxylic acids is 8. The molecule has 0 aromatic heterocycles. The first kappa shape index (κ1) is 45.0. The lowest BCUT2D eigenvalue weighted by Crippen LogP contribution is -2.60. The number of nitrogens with two attached hydrogens (primary N) is 2. The Labute approximate surface area is 328 Å². The lowest BCUT2D eigenvalue weighted by atomic mass is 9.96. The summed E-state index contributed by atoms with van der Waals surface area (Å²) in [5, 5.41) is 0. The second kappa shape index (κ2) is 21.4. The van der Waals surface area contributed by atoms with Gasteiger partial charge in [-0.05, 0) is 67.8 Å². The van der Waals surface area contributed by atoms with E-state index >= 15 is 4.79 Å². The number of anilines is 1. The standard InChI is InChI=1S/C30H38I3N3O14/c1-13(37)45-9-7-19(21(49-17(5)41)11-47-15(3)39)36(30(44)24-25(31)23(29(35)43)26(32)28(34)27(24)33)20(8-10-46-14(2)38)22(50-18(6)42)12-48-16(4)40/h19-22H,7-12,34H2,1-6H3,(H2,35,43). The third-order valence-electron chi connectivity index (χ3n) is 6.59. The number of halogens is 3. The number of esters is 6. The van der Waals surface area contributed by atoms with Crippen LogP contribution in [0.25, 0.3) is 0 Å². The number of hydrogen-bond donors (Lipinski definition) is 2. The lowest BCUT2D eigenvalue weighted by Gasteiger charge is -2.43. The van der Waals surface area contributed by atoms with Crippen LogP contribution in [-0.2, 0) is 57.2 Å². The molecule has 0 radical (unpaired) electrons. The fourth-order valence-electron chi connectivity index (χ4n) is 4.69. The fraction of sp³-hybridized carbons (Fsp3) is 0.533. The van der Waals surface area contributed by atoms with Crippen LogP contribution in [-0.4, -0.2) is 103 Å². The second-order valence-corrected chi connectivity index (χ2v) is 13.7. The summed E-state index contributed by atoms with van der Waals surface area (Å²) in [5.74, 6) is -6.41. The summed E-state index contributed by atoms with van der Waals surface area (Å²) in [6.45, 7) is 4.70. The average Bonchev–Trinajstić information content (AvgIpc) is 2.98. The molecule has 0 aliphatic rings. The number of ether oxygens (including phenoxy) is 6. The summed E-state index contributed by atoms with van der Waals surface area (Å²) in [5.41, 5.74) is 11.9. The van der Waals surface area contributed by atoms with Crippen molar-refractivity contribution < 1.29 is 66.8 Å². The van der Waals surface area contributed by atoms with Gasteiger partial charge in [-0.25, -0.2) is 0 Å². The topological polar surface area (TPSA) is 247 Å². The molecule has 0 heterocycles. The zero-order valence-corrected chi connectivity index (χ0v) is 34.5. The molecule has 0 aliphatic carbocycles. The van der Waals surface area contributed by atoms with E-state index in [2.05, 4.69) is 0 Å². The number of primary amides is 1. The molecule has 1 aromatic carbocycles. The highest BCUT2D eigenvalue weighted by molar-refractivity contribution is 14.1. The summed E-state index contributed by atoms with van der Waals surface area (Å²) in [4.78, 5) is 101. The third-order valence-corrected chi connectivity index (χ3v) is 9.91. The van der Waals surface area contributed by atoms with Gasteiger partial charge in [0.2, 0.25) is 0 Å². The number of nitrogens with zero attached hydrogens (tertiary/aromatic N) is 1. The summed E-state index contributed by atoms with van der Waals surface area (Å²) < 4.78 is 32.5. The number of carbonyl (C=O) groups is 8. The molecule has 0 bridgehead atoms. The molecule has 1 aromatic rings. The van der Waals surface area contributed by atoms with Gasteiger partial charge in [-0.1, -0.05) is 0 Å². The first-order valence-electron chi connectivity index (χ1n) is 14.7. The van der Waals surface area contributed by atoms with Gasteiger partial charge in [0.05, 0.1) is 49.3 Å². The molecule has 1 rings (SSSR count). The van der Waals surface area contributed by atoms with Crippen LogP contribution in [0.5, 0.6) is 0 Å². The first-order chi connectivity index (χ1) is 23.2. The minimum absolute atomic E-state index is 0.0320. The van der Waals surface area contributed by atoms with Crippen LogP contribution < -0.4 is 11.5 Å². The van der Waals surface area contributed by atoms with Crippen LogP contribution in [0.2, 0.25) is 0 Å². The quantitative estimate of drug-likeness (QED) is 0.0927. The van der Waals surface area contributed by atoms with Crippen molar-refractivity contribution in [1.82, 2.24) is 4.90 Å². The van der Waals surface area contributed by atoms with Crippen LogP contribution >= 0.6 is 67.8 Å². The molecule has 0 saturated heterocycles. The number of hydrogen-bond acceptors (Lipinski definition) is 15. The number of rotatable bonds is 18. The van der Waals surface area contributed by atoms with Gasteiger partial charge in [-0.15, -0.1) is 0 Å². The summed E-state index contributed by atoms with van der Waals surface area (Å²) in [6, 6.07) is -2.74. The molecule has 4 atom stereocenters. The van der Waals surface area contributed by atoms with Gasteiger partial charge >= 0.3 is 35.8 Å². The normalized spacial score (nSPS) is 13.1. The predicted molar refractivity (Wildman–Crippen MR) is 198 cm³/mol. The second-order valence-electron chi connectivity index (χ2n) is 10.5. The van der Waals surface area contributed by atoms with Crippen molar-refractivity contribution in [3.63, 3.8) is 0 Å². The van der Waals surface area contributed by atoms with Crippen molar-refractivity contribution in [1.29, 1.82) is 0 Å². The van der Waals surface area contributed by atoms with Gasteiger partial charge in [0.15, 0.2) is 12.2 Å². The van der Waals surface area contributed by atoms with Crippen molar-refractivity contribution in [3.05, 3.63) is 21.8 Å². The Morgan fingerprint density at radius 1 is 0.580 bits per heavy atom. The highest BCUT2D eigenvalue weighted by Crippen LogP contribution is 2.36. The van der Waals surface area contributed by atoms with E-state index < -0.39 is 85.1 Å². The SMILES string of the molecule is CC(=O)OCCC(C(COC(C)=O)OC(C)=O)N(C(=O)c1c(I)c(N)c(I)c(C(N)=O)c1I)C(CCOC(C)=O)C(COC(C)=O)OC(C)=O. The molecule has 0 aliphatic heterocycles. The molecule has 2 amide bonds. The monoisotopic (exact) mass is 1040 g/mol. The molecule has 20 heteroatoms. The van der Waals surface area contributed by atoms with Crippen LogP contribution in [0.15, 0.2) is 0 Å².